The molecule has 0 aliphatic heterocycles. The van der Waals surface area contributed by atoms with Gasteiger partial charge in [-0.3, -0.25) is 9.59 Å². The number of hydrogen-bond donors (Lipinski definition) is 3. The van der Waals surface area contributed by atoms with Gasteiger partial charge in [-0.1, -0.05) is 30.3 Å². The van der Waals surface area contributed by atoms with Crippen molar-refractivity contribution in [1.29, 1.82) is 0 Å². The minimum Gasteiger partial charge on any atom is -0.463 e. The van der Waals surface area contributed by atoms with Crippen LogP contribution in [0.5, 0.6) is 0 Å². The number of amides is 2. The van der Waals surface area contributed by atoms with Crippen molar-refractivity contribution in [3.05, 3.63) is 96.6 Å². The molecule has 0 unspecified atom stereocenters. The van der Waals surface area contributed by atoms with E-state index < -0.39 is 11.9 Å². The van der Waals surface area contributed by atoms with Gasteiger partial charge in [-0.15, -0.1) is 0 Å². The van der Waals surface area contributed by atoms with E-state index in [2.05, 4.69) is 16.0 Å². The maximum absolute atomic E-state index is 12.8. The van der Waals surface area contributed by atoms with E-state index in [0.29, 0.717) is 11.4 Å². The predicted molar refractivity (Wildman–Crippen MR) is 125 cm³/mol. The first-order chi connectivity index (χ1) is 15.5. The number of carbonyl (C=O) groups excluding carboxylic acids is 3. The quantitative estimate of drug-likeness (QED) is 0.355. The average Bonchev–Trinajstić information content (AvgIpc) is 2.80. The molecule has 3 rings (SSSR count). The summed E-state index contributed by atoms with van der Waals surface area (Å²) in [6.45, 7) is 1.89. The number of nitrogens with one attached hydrogen (secondary N) is 3. The molecule has 0 radical (unpaired) electrons. The summed E-state index contributed by atoms with van der Waals surface area (Å²) in [5, 5.41) is 8.70. The van der Waals surface area contributed by atoms with E-state index in [-0.39, 0.29) is 18.1 Å². The highest BCUT2D eigenvalue weighted by atomic mass is 16.5. The molecule has 162 valence electrons. The highest BCUT2D eigenvalue weighted by Crippen LogP contribution is 2.21. The summed E-state index contributed by atoms with van der Waals surface area (Å²) >= 11 is 0. The van der Waals surface area contributed by atoms with Gasteiger partial charge < -0.3 is 20.7 Å². The molecule has 0 aliphatic rings. The Morgan fingerprint density at radius 1 is 0.750 bits per heavy atom. The van der Waals surface area contributed by atoms with Gasteiger partial charge in [0.05, 0.1) is 17.9 Å². The Balaban J connectivity index is 1.64. The number of para-hydroxylation sites is 2. The molecule has 0 bridgehead atoms. The lowest BCUT2D eigenvalue weighted by Gasteiger charge is -2.11. The smallest absolute Gasteiger partial charge is 0.330 e. The predicted octanol–water partition coefficient (Wildman–Crippen LogP) is 4.74. The molecule has 0 heterocycles. The molecule has 3 N–H and O–H groups in total. The number of hydrogen-bond acceptors (Lipinski definition) is 5. The zero-order chi connectivity index (χ0) is 22.8. The van der Waals surface area contributed by atoms with E-state index in [9.17, 15) is 14.4 Å². The zero-order valence-corrected chi connectivity index (χ0v) is 17.5. The maximum Gasteiger partial charge on any atom is 0.330 e. The molecule has 0 atom stereocenters. The first kappa shape index (κ1) is 22.3. The Morgan fingerprint density at radius 3 is 2.09 bits per heavy atom. The Morgan fingerprint density at radius 2 is 1.38 bits per heavy atom. The number of benzene rings is 3. The third-order valence-corrected chi connectivity index (χ3v) is 4.29. The molecular formula is C25H23N3O4. The number of carbonyl (C=O) groups is 3. The van der Waals surface area contributed by atoms with Gasteiger partial charge in [-0.2, -0.15) is 0 Å². The summed E-state index contributed by atoms with van der Waals surface area (Å²) < 4.78 is 4.74. The van der Waals surface area contributed by atoms with Gasteiger partial charge in [-0.05, 0) is 55.5 Å². The van der Waals surface area contributed by atoms with E-state index in [1.165, 1.54) is 0 Å². The molecule has 3 aromatic rings. The second kappa shape index (κ2) is 11.1. The van der Waals surface area contributed by atoms with Gasteiger partial charge in [0, 0.05) is 29.2 Å². The summed E-state index contributed by atoms with van der Waals surface area (Å²) in [4.78, 5) is 36.2. The Labute approximate surface area is 186 Å². The molecule has 0 saturated heterocycles. The molecule has 7 nitrogen and oxygen atoms in total. The summed E-state index contributed by atoms with van der Waals surface area (Å²) in [6, 6.07) is 23.7. The van der Waals surface area contributed by atoms with E-state index in [1.54, 1.807) is 43.3 Å². The summed E-state index contributed by atoms with van der Waals surface area (Å²) in [6.07, 6.45) is 2.09. The van der Waals surface area contributed by atoms with Gasteiger partial charge in [-0.25, -0.2) is 4.79 Å². The highest BCUT2D eigenvalue weighted by molar-refractivity contribution is 6.11. The average molecular weight is 429 g/mol. The Bertz CT molecular complexity index is 1110. The van der Waals surface area contributed by atoms with Crippen LogP contribution in [-0.4, -0.2) is 24.4 Å². The lowest BCUT2D eigenvalue weighted by molar-refractivity contribution is -0.137. The van der Waals surface area contributed by atoms with Crippen LogP contribution < -0.4 is 16.0 Å². The molecule has 7 heteroatoms. The topological polar surface area (TPSA) is 96.5 Å². The molecule has 0 aliphatic carbocycles. The molecule has 2 amide bonds. The largest absolute Gasteiger partial charge is 0.463 e. The lowest BCUT2D eigenvalue weighted by atomic mass is 10.1. The summed E-state index contributed by atoms with van der Waals surface area (Å²) in [5.74, 6) is -1.53. The molecule has 3 aromatic carbocycles. The van der Waals surface area contributed by atoms with Crippen LogP contribution in [0.25, 0.3) is 0 Å². The number of rotatable bonds is 8. The van der Waals surface area contributed by atoms with Gasteiger partial charge in [0.2, 0.25) is 5.91 Å². The van der Waals surface area contributed by atoms with Crippen molar-refractivity contribution < 1.29 is 19.1 Å². The van der Waals surface area contributed by atoms with Crippen molar-refractivity contribution in [2.45, 2.75) is 6.92 Å². The molecule has 0 spiro atoms. The van der Waals surface area contributed by atoms with Crippen molar-refractivity contribution in [3.8, 4) is 0 Å². The number of anilines is 4. The normalized spacial score (nSPS) is 10.4. The fourth-order valence-electron chi connectivity index (χ4n) is 2.82. The third-order valence-electron chi connectivity index (χ3n) is 4.29. The van der Waals surface area contributed by atoms with Crippen LogP contribution in [0.4, 0.5) is 22.7 Å². The van der Waals surface area contributed by atoms with Gasteiger partial charge in [0.25, 0.3) is 5.91 Å². The third kappa shape index (κ3) is 6.56. The van der Waals surface area contributed by atoms with Crippen LogP contribution in [0, 0.1) is 0 Å². The van der Waals surface area contributed by atoms with Crippen LogP contribution in [-0.2, 0) is 14.3 Å². The summed E-state index contributed by atoms with van der Waals surface area (Å²) in [7, 11) is 0. The van der Waals surface area contributed by atoms with Gasteiger partial charge in [0.1, 0.15) is 0 Å². The number of esters is 1. The second-order valence-electron chi connectivity index (χ2n) is 6.64. The van der Waals surface area contributed by atoms with E-state index >= 15 is 0 Å². The Hall–Kier alpha value is -4.39. The first-order valence-corrected chi connectivity index (χ1v) is 10.0. The van der Waals surface area contributed by atoms with Crippen LogP contribution >= 0.6 is 0 Å². The zero-order valence-electron chi connectivity index (χ0n) is 17.5. The maximum atomic E-state index is 12.8. The number of ether oxygens (including phenoxy) is 1. The molecule has 0 fully saturated rings. The van der Waals surface area contributed by atoms with Crippen molar-refractivity contribution in [2.75, 3.05) is 22.6 Å². The fourth-order valence-corrected chi connectivity index (χ4v) is 2.82. The van der Waals surface area contributed by atoms with Crippen LogP contribution in [0.3, 0.4) is 0 Å². The van der Waals surface area contributed by atoms with E-state index in [0.717, 1.165) is 23.5 Å². The van der Waals surface area contributed by atoms with Crippen molar-refractivity contribution in [3.63, 3.8) is 0 Å². The minimum atomic E-state index is -0.612. The van der Waals surface area contributed by atoms with Gasteiger partial charge >= 0.3 is 5.97 Å². The summed E-state index contributed by atoms with van der Waals surface area (Å²) in [5.41, 5.74) is 3.07. The van der Waals surface area contributed by atoms with E-state index in [1.807, 2.05) is 42.5 Å². The lowest BCUT2D eigenvalue weighted by Crippen LogP contribution is -2.17. The van der Waals surface area contributed by atoms with Gasteiger partial charge in [0.15, 0.2) is 0 Å². The SMILES string of the molecule is CCOC(=O)C=CC(=O)Nc1ccccc1C(=O)Nc1ccc(Nc2ccccc2)cc1. The minimum absolute atomic E-state index is 0.219. The molecule has 0 saturated carbocycles. The fraction of sp³-hybridized carbons (Fsp3) is 0.0800. The van der Waals surface area contributed by atoms with Crippen LogP contribution in [0.2, 0.25) is 0 Å². The first-order valence-electron chi connectivity index (χ1n) is 10.0. The standard InChI is InChI=1S/C25H23N3O4/c1-2-32-24(30)17-16-23(29)28-22-11-7-6-10-21(22)25(31)27-20-14-12-19(13-15-20)26-18-8-4-3-5-9-18/h3-17,26H,2H2,1H3,(H,27,31)(H,28,29). The van der Waals surface area contributed by atoms with Crippen molar-refractivity contribution >= 4 is 40.5 Å². The van der Waals surface area contributed by atoms with Crippen LogP contribution in [0.15, 0.2) is 91.0 Å². The highest BCUT2D eigenvalue weighted by Gasteiger charge is 2.13. The van der Waals surface area contributed by atoms with Crippen molar-refractivity contribution in [2.24, 2.45) is 0 Å². The molecular weight excluding hydrogens is 406 g/mol. The molecule has 0 aromatic heterocycles. The second-order valence-corrected chi connectivity index (χ2v) is 6.64. The molecule has 32 heavy (non-hydrogen) atoms. The van der Waals surface area contributed by atoms with Crippen molar-refractivity contribution in [1.82, 2.24) is 0 Å². The van der Waals surface area contributed by atoms with E-state index in [4.69, 9.17) is 4.74 Å². The monoisotopic (exact) mass is 429 g/mol. The Kier molecular flexibility index (Phi) is 7.75. The van der Waals surface area contributed by atoms with Crippen LogP contribution in [0.1, 0.15) is 17.3 Å².